The van der Waals surface area contributed by atoms with E-state index in [9.17, 15) is 0 Å². The molecule has 0 radical (unpaired) electrons. The summed E-state index contributed by atoms with van der Waals surface area (Å²) >= 11 is 0. The van der Waals surface area contributed by atoms with Crippen LogP contribution in [0.2, 0.25) is 0 Å². The molecule has 3 fully saturated rings. The summed E-state index contributed by atoms with van der Waals surface area (Å²) in [6.45, 7) is 7.10. The maximum Gasteiger partial charge on any atom is 0.0101 e. The third-order valence-corrected chi connectivity index (χ3v) is 4.80. The van der Waals surface area contributed by atoms with E-state index in [2.05, 4.69) is 20.8 Å². The van der Waals surface area contributed by atoms with Gasteiger partial charge in [-0.2, -0.15) is 0 Å². The Morgan fingerprint density at radius 1 is 1.31 bits per heavy atom. The van der Waals surface area contributed by atoms with Crippen molar-refractivity contribution in [1.82, 2.24) is 0 Å². The Hall–Kier alpha value is -0.0400. The average Bonchev–Trinajstić information content (AvgIpc) is 2.08. The molecule has 0 saturated heterocycles. The Morgan fingerprint density at radius 3 is 2.46 bits per heavy atom. The summed E-state index contributed by atoms with van der Waals surface area (Å²) in [5.74, 6) is 2.64. The molecule has 76 valence electrons. The molecule has 3 saturated carbocycles. The van der Waals surface area contributed by atoms with Crippen LogP contribution in [-0.2, 0) is 0 Å². The van der Waals surface area contributed by atoms with E-state index in [1.54, 1.807) is 0 Å². The Balaban J connectivity index is 2.03. The molecule has 0 aliphatic heterocycles. The van der Waals surface area contributed by atoms with E-state index in [4.69, 9.17) is 5.73 Å². The van der Waals surface area contributed by atoms with Crippen molar-refractivity contribution in [2.45, 2.75) is 52.5 Å². The predicted octanol–water partition coefficient (Wildman–Crippen LogP) is 2.80. The Morgan fingerprint density at radius 2 is 2.00 bits per heavy atom. The van der Waals surface area contributed by atoms with Crippen LogP contribution in [0.4, 0.5) is 0 Å². The van der Waals surface area contributed by atoms with Crippen LogP contribution in [0.5, 0.6) is 0 Å². The summed E-state index contributed by atoms with van der Waals surface area (Å²) < 4.78 is 0. The molecule has 0 heterocycles. The van der Waals surface area contributed by atoms with Crippen LogP contribution in [-0.4, -0.2) is 6.04 Å². The zero-order valence-electron chi connectivity index (χ0n) is 9.22. The van der Waals surface area contributed by atoms with Gasteiger partial charge in [0.05, 0.1) is 0 Å². The van der Waals surface area contributed by atoms with Gasteiger partial charge in [-0.25, -0.2) is 0 Å². The number of hydrogen-bond donors (Lipinski definition) is 1. The highest BCUT2D eigenvalue weighted by molar-refractivity contribution is 5.07. The standard InChI is InChI=1S/C12H23N/c1-4-5-8-6-9-7-10(11(8)13)12(9,2)3/h8-11H,4-7,13H2,1-3H3. The van der Waals surface area contributed by atoms with E-state index in [-0.39, 0.29) is 0 Å². The lowest BCUT2D eigenvalue weighted by Crippen LogP contribution is -2.61. The van der Waals surface area contributed by atoms with Crippen LogP contribution >= 0.6 is 0 Å². The lowest BCUT2D eigenvalue weighted by Gasteiger charge is -2.62. The molecular weight excluding hydrogens is 158 g/mol. The molecule has 0 aromatic heterocycles. The fraction of sp³-hybridized carbons (Fsp3) is 1.00. The summed E-state index contributed by atoms with van der Waals surface area (Å²) in [5, 5.41) is 0. The number of fused-ring (bicyclic) bond motifs is 2. The highest BCUT2D eigenvalue weighted by atomic mass is 14.8. The van der Waals surface area contributed by atoms with E-state index in [0.717, 1.165) is 17.8 Å². The molecule has 2 N–H and O–H groups in total. The second kappa shape index (κ2) is 2.98. The van der Waals surface area contributed by atoms with Gasteiger partial charge >= 0.3 is 0 Å². The largest absolute Gasteiger partial charge is 0.327 e. The summed E-state index contributed by atoms with van der Waals surface area (Å²) in [6.07, 6.45) is 5.47. The first-order valence-corrected chi connectivity index (χ1v) is 5.83. The molecule has 0 amide bonds. The number of nitrogens with two attached hydrogens (primary N) is 1. The van der Waals surface area contributed by atoms with Crippen LogP contribution in [0.1, 0.15) is 46.5 Å². The Bertz CT molecular complexity index is 197. The molecule has 4 unspecified atom stereocenters. The highest BCUT2D eigenvalue weighted by Gasteiger charge is 2.56. The van der Waals surface area contributed by atoms with Gasteiger partial charge in [-0.3, -0.25) is 0 Å². The summed E-state index contributed by atoms with van der Waals surface area (Å²) in [6, 6.07) is 0.500. The van der Waals surface area contributed by atoms with Gasteiger partial charge in [-0.1, -0.05) is 27.2 Å². The molecule has 1 nitrogen and oxygen atoms in total. The number of rotatable bonds is 2. The fourth-order valence-corrected chi connectivity index (χ4v) is 3.64. The average molecular weight is 181 g/mol. The van der Waals surface area contributed by atoms with Crippen LogP contribution in [0.25, 0.3) is 0 Å². The van der Waals surface area contributed by atoms with E-state index in [1.165, 1.54) is 25.7 Å². The van der Waals surface area contributed by atoms with Gasteiger partial charge in [0.25, 0.3) is 0 Å². The second-order valence-corrected chi connectivity index (χ2v) is 5.72. The van der Waals surface area contributed by atoms with Crippen molar-refractivity contribution in [3.63, 3.8) is 0 Å². The first-order valence-electron chi connectivity index (χ1n) is 5.83. The van der Waals surface area contributed by atoms with Gasteiger partial charge in [0.2, 0.25) is 0 Å². The fourth-order valence-electron chi connectivity index (χ4n) is 3.64. The van der Waals surface area contributed by atoms with Crippen LogP contribution in [0, 0.1) is 23.2 Å². The maximum atomic E-state index is 6.32. The summed E-state index contributed by atoms with van der Waals surface area (Å²) in [4.78, 5) is 0. The Kier molecular flexibility index (Phi) is 2.18. The lowest BCUT2D eigenvalue weighted by molar-refractivity contribution is -0.106. The van der Waals surface area contributed by atoms with Crippen molar-refractivity contribution in [3.8, 4) is 0 Å². The molecule has 0 aromatic rings. The third kappa shape index (κ3) is 1.24. The molecule has 0 aromatic carbocycles. The van der Waals surface area contributed by atoms with Crippen LogP contribution < -0.4 is 5.73 Å². The molecule has 1 heteroatoms. The van der Waals surface area contributed by atoms with Crippen molar-refractivity contribution in [2.24, 2.45) is 28.9 Å². The van der Waals surface area contributed by atoms with E-state index < -0.39 is 0 Å². The topological polar surface area (TPSA) is 26.0 Å². The third-order valence-electron chi connectivity index (χ3n) is 4.80. The molecular formula is C12H23N. The molecule has 13 heavy (non-hydrogen) atoms. The maximum absolute atomic E-state index is 6.32. The van der Waals surface area contributed by atoms with Gasteiger partial charge in [0.15, 0.2) is 0 Å². The van der Waals surface area contributed by atoms with E-state index in [0.29, 0.717) is 11.5 Å². The monoisotopic (exact) mass is 181 g/mol. The quantitative estimate of drug-likeness (QED) is 0.696. The van der Waals surface area contributed by atoms with Gasteiger partial charge in [0.1, 0.15) is 0 Å². The molecule has 3 aliphatic rings. The lowest BCUT2D eigenvalue weighted by atomic mass is 9.45. The summed E-state index contributed by atoms with van der Waals surface area (Å²) in [7, 11) is 0. The normalized spacial score (nSPS) is 47.1. The molecule has 4 atom stereocenters. The van der Waals surface area contributed by atoms with Gasteiger partial charge in [-0.05, 0) is 42.4 Å². The Labute approximate surface area is 82.1 Å². The highest BCUT2D eigenvalue weighted by Crippen LogP contribution is 2.60. The molecule has 3 aliphatic carbocycles. The molecule has 3 rings (SSSR count). The zero-order valence-corrected chi connectivity index (χ0v) is 9.22. The minimum Gasteiger partial charge on any atom is -0.327 e. The number of hydrogen-bond acceptors (Lipinski definition) is 1. The van der Waals surface area contributed by atoms with Crippen molar-refractivity contribution in [3.05, 3.63) is 0 Å². The van der Waals surface area contributed by atoms with Crippen LogP contribution in [0.15, 0.2) is 0 Å². The zero-order chi connectivity index (χ0) is 9.64. The minimum atomic E-state index is 0.500. The second-order valence-electron chi connectivity index (χ2n) is 5.72. The SMILES string of the molecule is CCCC1CC2CC(C1N)C2(C)C. The van der Waals surface area contributed by atoms with Gasteiger partial charge in [0, 0.05) is 6.04 Å². The first-order chi connectivity index (χ1) is 6.07. The predicted molar refractivity (Wildman–Crippen MR) is 56.4 cm³/mol. The smallest absolute Gasteiger partial charge is 0.0101 e. The summed E-state index contributed by atoms with van der Waals surface area (Å²) in [5.41, 5.74) is 6.88. The van der Waals surface area contributed by atoms with Gasteiger partial charge < -0.3 is 5.73 Å². The van der Waals surface area contributed by atoms with Crippen molar-refractivity contribution >= 4 is 0 Å². The van der Waals surface area contributed by atoms with Crippen molar-refractivity contribution in [2.75, 3.05) is 0 Å². The van der Waals surface area contributed by atoms with Crippen LogP contribution in [0.3, 0.4) is 0 Å². The van der Waals surface area contributed by atoms with E-state index in [1.807, 2.05) is 0 Å². The van der Waals surface area contributed by atoms with Crippen molar-refractivity contribution in [1.29, 1.82) is 0 Å². The first kappa shape index (κ1) is 9.51. The van der Waals surface area contributed by atoms with Crippen molar-refractivity contribution < 1.29 is 0 Å². The molecule has 2 bridgehead atoms. The minimum absolute atomic E-state index is 0.500. The van der Waals surface area contributed by atoms with E-state index >= 15 is 0 Å². The molecule has 0 spiro atoms. The van der Waals surface area contributed by atoms with Gasteiger partial charge in [-0.15, -0.1) is 0 Å².